The van der Waals surface area contributed by atoms with Crippen molar-refractivity contribution in [3.63, 3.8) is 0 Å². The van der Waals surface area contributed by atoms with Gasteiger partial charge in [0, 0.05) is 11.1 Å². The van der Waals surface area contributed by atoms with Crippen LogP contribution in [-0.2, 0) is 5.41 Å². The van der Waals surface area contributed by atoms with E-state index in [1.54, 1.807) is 26.8 Å². The maximum absolute atomic E-state index is 17.4. The Hall–Kier alpha value is -5.80. The van der Waals surface area contributed by atoms with E-state index in [2.05, 4.69) is 72.8 Å². The Morgan fingerprint density at radius 3 is 1.76 bits per heavy atom. The van der Waals surface area contributed by atoms with Gasteiger partial charge in [-0.25, -0.2) is 8.78 Å². The van der Waals surface area contributed by atoms with Crippen LogP contribution in [0.3, 0.4) is 0 Å². The van der Waals surface area contributed by atoms with Gasteiger partial charge in [-0.2, -0.15) is 0 Å². The van der Waals surface area contributed by atoms with E-state index in [1.165, 1.54) is 4.90 Å². The van der Waals surface area contributed by atoms with Crippen LogP contribution in [0, 0.1) is 11.6 Å². The van der Waals surface area contributed by atoms with Crippen molar-refractivity contribution in [3.05, 3.63) is 204 Å². The van der Waals surface area contributed by atoms with Crippen LogP contribution in [0.25, 0.3) is 33.4 Å². The molecule has 50 heavy (non-hydrogen) atoms. The predicted octanol–water partition coefficient (Wildman–Crippen LogP) is 12.6. The summed E-state index contributed by atoms with van der Waals surface area (Å²) in [4.78, 5) is 1.38. The molecule has 0 bridgehead atoms. The third kappa shape index (κ3) is 4.96. The number of anilines is 2. The molecule has 1 aliphatic carbocycles. The molecule has 0 aliphatic heterocycles. The Morgan fingerprint density at radius 1 is 0.540 bits per heavy atom. The number of para-hydroxylation sites is 1. The van der Waals surface area contributed by atoms with Crippen LogP contribution in [0.2, 0.25) is 0 Å². The molecule has 0 spiro atoms. The lowest BCUT2D eigenvalue weighted by Crippen LogP contribution is -2.38. The zero-order valence-electron chi connectivity index (χ0n) is 32.1. The summed E-state index contributed by atoms with van der Waals surface area (Å²) in [5.41, 5.74) is 6.72. The number of halogens is 2. The van der Waals surface area contributed by atoms with Crippen LogP contribution in [0.1, 0.15) is 48.5 Å². The first kappa shape index (κ1) is 27.1. The molecular weight excluding hydrogens is 617 g/mol. The lowest BCUT2D eigenvalue weighted by Gasteiger charge is -2.38. The van der Waals surface area contributed by atoms with Crippen LogP contribution in [-0.4, -0.2) is 5.54 Å². The summed E-state index contributed by atoms with van der Waals surface area (Å²) in [5.74, 6) is -1.78. The standard InChI is InChI=1S/C47H37F2N/c1-46(2,3)50(42-29-16-15-28-41(42)48)43-31-33(30-38(45(43)49)32-18-7-4-8-19-32)36-25-17-27-40-44(36)37-24-13-14-26-39(37)47(40,34-20-9-5-10-21-34)35-22-11-6-12-23-35/h4-31H,1-3H3/i15D,16D,28D,29D. The Balaban J connectivity index is 1.49. The second-order valence-corrected chi connectivity index (χ2v) is 13.6. The highest BCUT2D eigenvalue weighted by Gasteiger charge is 2.46. The highest BCUT2D eigenvalue weighted by atomic mass is 19.1. The molecule has 0 aromatic heterocycles. The molecule has 0 amide bonds. The molecule has 0 fully saturated rings. The zero-order valence-corrected chi connectivity index (χ0v) is 28.1. The van der Waals surface area contributed by atoms with Gasteiger partial charge in [-0.15, -0.1) is 0 Å². The Morgan fingerprint density at radius 2 is 1.10 bits per heavy atom. The van der Waals surface area contributed by atoms with E-state index >= 15 is 8.78 Å². The highest BCUT2D eigenvalue weighted by Crippen LogP contribution is 2.58. The number of nitrogens with zero attached hydrogens (tertiary/aromatic N) is 1. The molecule has 0 atom stereocenters. The molecule has 7 aromatic carbocycles. The first-order chi connectivity index (χ1) is 26.0. The third-order valence-corrected chi connectivity index (χ3v) is 9.69. The Bertz CT molecular complexity index is 2480. The number of rotatable bonds is 6. The second-order valence-electron chi connectivity index (χ2n) is 13.6. The SMILES string of the molecule is [2H]c1c([2H])c([2H])c(N(c2cc(-c3cccc4c3-c3ccccc3C4(c3ccccc3)c3ccccc3)cc(-c3ccccc3)c2F)C(C)(C)C)c(F)c1[2H]. The molecule has 8 rings (SSSR count). The van der Waals surface area contributed by atoms with Crippen LogP contribution >= 0.6 is 0 Å². The fourth-order valence-electron chi connectivity index (χ4n) is 7.75. The molecule has 244 valence electrons. The van der Waals surface area contributed by atoms with E-state index in [1.807, 2.05) is 66.7 Å². The number of fused-ring (bicyclic) bond motifs is 3. The fraction of sp³-hybridized carbons (Fsp3) is 0.106. The van der Waals surface area contributed by atoms with Crippen molar-refractivity contribution in [3.8, 4) is 33.4 Å². The van der Waals surface area contributed by atoms with E-state index in [9.17, 15) is 0 Å². The van der Waals surface area contributed by atoms with Crippen molar-refractivity contribution >= 4 is 11.4 Å². The smallest absolute Gasteiger partial charge is 0.154 e. The van der Waals surface area contributed by atoms with E-state index in [-0.39, 0.29) is 11.3 Å². The van der Waals surface area contributed by atoms with Gasteiger partial charge in [0.25, 0.3) is 0 Å². The molecule has 0 radical (unpaired) electrons. The predicted molar refractivity (Wildman–Crippen MR) is 203 cm³/mol. The van der Waals surface area contributed by atoms with Gasteiger partial charge in [0.1, 0.15) is 5.82 Å². The minimum absolute atomic E-state index is 0.0101. The van der Waals surface area contributed by atoms with Gasteiger partial charge in [-0.3, -0.25) is 0 Å². The summed E-state index contributed by atoms with van der Waals surface area (Å²) in [6.07, 6.45) is 0. The zero-order chi connectivity index (χ0) is 37.9. The van der Waals surface area contributed by atoms with Gasteiger partial charge in [-0.1, -0.05) is 146 Å². The van der Waals surface area contributed by atoms with Gasteiger partial charge >= 0.3 is 0 Å². The quantitative estimate of drug-likeness (QED) is 0.172. The summed E-state index contributed by atoms with van der Waals surface area (Å²) in [6.45, 7) is 5.31. The molecule has 3 heteroatoms. The number of hydrogen-bond acceptors (Lipinski definition) is 1. The molecule has 0 saturated heterocycles. The maximum atomic E-state index is 17.4. The topological polar surface area (TPSA) is 3.24 Å². The summed E-state index contributed by atoms with van der Waals surface area (Å²) in [5, 5.41) is 0. The molecule has 0 N–H and O–H groups in total. The van der Waals surface area contributed by atoms with Gasteiger partial charge in [0.2, 0.25) is 0 Å². The maximum Gasteiger partial charge on any atom is 0.154 e. The lowest BCUT2D eigenvalue weighted by atomic mass is 9.67. The van der Waals surface area contributed by atoms with Crippen LogP contribution < -0.4 is 4.90 Å². The van der Waals surface area contributed by atoms with Gasteiger partial charge in [0.05, 0.1) is 22.3 Å². The monoisotopic (exact) mass is 657 g/mol. The van der Waals surface area contributed by atoms with Gasteiger partial charge in [0.15, 0.2) is 5.82 Å². The van der Waals surface area contributed by atoms with Crippen molar-refractivity contribution in [1.29, 1.82) is 0 Å². The average Bonchev–Trinajstić information content (AvgIpc) is 3.50. The summed E-state index contributed by atoms with van der Waals surface area (Å²) >= 11 is 0. The van der Waals surface area contributed by atoms with Crippen LogP contribution in [0.5, 0.6) is 0 Å². The third-order valence-electron chi connectivity index (χ3n) is 9.69. The van der Waals surface area contributed by atoms with Crippen LogP contribution in [0.4, 0.5) is 20.2 Å². The number of hydrogen-bond donors (Lipinski definition) is 0. The summed E-state index contributed by atoms with van der Waals surface area (Å²) in [7, 11) is 0. The molecule has 0 unspecified atom stereocenters. The van der Waals surface area contributed by atoms with E-state index in [0.717, 1.165) is 38.9 Å². The molecule has 1 aliphatic rings. The first-order valence-corrected chi connectivity index (χ1v) is 16.8. The van der Waals surface area contributed by atoms with E-state index < -0.39 is 52.4 Å². The molecule has 7 aromatic rings. The van der Waals surface area contributed by atoms with Crippen molar-refractivity contribution in [1.82, 2.24) is 0 Å². The summed E-state index contributed by atoms with van der Waals surface area (Å²) < 4.78 is 67.3. The molecular formula is C47H37F2N. The average molecular weight is 658 g/mol. The van der Waals surface area contributed by atoms with Crippen LogP contribution in [0.15, 0.2) is 170 Å². The second kappa shape index (κ2) is 12.3. The minimum atomic E-state index is -1.15. The molecule has 0 saturated carbocycles. The fourth-order valence-corrected chi connectivity index (χ4v) is 7.75. The number of benzene rings is 7. The van der Waals surface area contributed by atoms with Crippen molar-refractivity contribution < 1.29 is 14.3 Å². The normalized spacial score (nSPS) is 14.2. The molecule has 0 heterocycles. The van der Waals surface area contributed by atoms with Crippen molar-refractivity contribution in [2.45, 2.75) is 31.7 Å². The largest absolute Gasteiger partial charge is 0.331 e. The minimum Gasteiger partial charge on any atom is -0.331 e. The first-order valence-electron chi connectivity index (χ1n) is 18.8. The Labute approximate surface area is 298 Å². The van der Waals surface area contributed by atoms with Gasteiger partial charge in [-0.05, 0) is 95.1 Å². The highest BCUT2D eigenvalue weighted by molar-refractivity contribution is 5.97. The summed E-state index contributed by atoms with van der Waals surface area (Å²) in [6, 6.07) is 45.5. The van der Waals surface area contributed by atoms with Crippen molar-refractivity contribution in [2.24, 2.45) is 0 Å². The van der Waals surface area contributed by atoms with Crippen molar-refractivity contribution in [2.75, 3.05) is 4.90 Å². The molecule has 1 nitrogen and oxygen atoms in total. The van der Waals surface area contributed by atoms with E-state index in [4.69, 9.17) is 5.48 Å². The van der Waals surface area contributed by atoms with E-state index in [0.29, 0.717) is 11.1 Å². The lowest BCUT2D eigenvalue weighted by molar-refractivity contribution is 0.527. The van der Waals surface area contributed by atoms with Gasteiger partial charge < -0.3 is 4.90 Å². The Kier molecular flexibility index (Phi) is 6.64.